The number of aromatic nitrogens is 1. The molecule has 0 aliphatic carbocycles. The van der Waals surface area contributed by atoms with Crippen LogP contribution in [0.5, 0.6) is 0 Å². The van der Waals surface area contributed by atoms with E-state index in [1.165, 1.54) is 0 Å². The van der Waals surface area contributed by atoms with Gasteiger partial charge in [-0.2, -0.15) is 0 Å². The minimum atomic E-state index is 0.557. The number of aryl methyl sites for hydroxylation is 1. The van der Waals surface area contributed by atoms with Crippen molar-refractivity contribution in [2.75, 3.05) is 5.73 Å². The summed E-state index contributed by atoms with van der Waals surface area (Å²) in [5.41, 5.74) is 6.35. The molecule has 0 aliphatic rings. The monoisotopic (exact) mass is 186 g/mol. The number of pyridine rings is 1. The van der Waals surface area contributed by atoms with Gasteiger partial charge in [-0.15, -0.1) is 0 Å². The molecule has 0 bridgehead atoms. The van der Waals surface area contributed by atoms with Crippen LogP contribution in [0.4, 0.5) is 5.82 Å². The highest BCUT2D eigenvalue weighted by Gasteiger charge is 1.90. The van der Waals surface area contributed by atoms with E-state index in [-0.39, 0.29) is 0 Å². The molecule has 1 aromatic heterocycles. The number of nitrogen functional groups attached to an aromatic ring is 1. The van der Waals surface area contributed by atoms with E-state index in [0.29, 0.717) is 5.82 Å². The van der Waals surface area contributed by atoms with Crippen molar-refractivity contribution >= 4 is 21.7 Å². The van der Waals surface area contributed by atoms with E-state index in [0.717, 1.165) is 10.2 Å². The summed E-state index contributed by atoms with van der Waals surface area (Å²) in [6.45, 7) is 1.90. The van der Waals surface area contributed by atoms with Crippen molar-refractivity contribution in [1.29, 1.82) is 0 Å². The summed E-state index contributed by atoms with van der Waals surface area (Å²) in [5, 5.41) is 0. The predicted octanol–water partition coefficient (Wildman–Crippen LogP) is 1.73. The largest absolute Gasteiger partial charge is 0.384 e. The third kappa shape index (κ3) is 1.68. The Labute approximate surface area is 62.2 Å². The first kappa shape index (κ1) is 6.55. The normalized spacial score (nSPS) is 9.56. The number of halogens is 1. The maximum Gasteiger partial charge on any atom is 0.124 e. The Kier molecular flexibility index (Phi) is 1.71. The van der Waals surface area contributed by atoms with Gasteiger partial charge in [0.15, 0.2) is 0 Å². The van der Waals surface area contributed by atoms with Gasteiger partial charge in [0.05, 0.1) is 0 Å². The standard InChI is InChI=1S/C6H7BrN2/c1-4-2-5(7)3-6(8)9-4/h2-3H,1H3,(H2,8,9). The number of anilines is 1. The average molecular weight is 187 g/mol. The Morgan fingerprint density at radius 3 is 2.67 bits per heavy atom. The Hall–Kier alpha value is -0.570. The Bertz CT molecular complexity index is 172. The van der Waals surface area contributed by atoms with Crippen molar-refractivity contribution in [2.24, 2.45) is 0 Å². The van der Waals surface area contributed by atoms with Crippen LogP contribution >= 0.6 is 15.9 Å². The van der Waals surface area contributed by atoms with Crippen molar-refractivity contribution in [1.82, 2.24) is 4.98 Å². The van der Waals surface area contributed by atoms with Crippen molar-refractivity contribution < 1.29 is 0 Å². The van der Waals surface area contributed by atoms with Crippen LogP contribution in [0, 0.1) is 6.92 Å². The molecule has 0 saturated carbocycles. The van der Waals surface area contributed by atoms with Gasteiger partial charge in [0.25, 0.3) is 0 Å². The number of nitrogens with two attached hydrogens (primary N) is 1. The maximum absolute atomic E-state index is 5.42. The van der Waals surface area contributed by atoms with Gasteiger partial charge in [-0.3, -0.25) is 0 Å². The van der Waals surface area contributed by atoms with Crippen LogP contribution in [-0.2, 0) is 0 Å². The smallest absolute Gasteiger partial charge is 0.124 e. The second kappa shape index (κ2) is 2.35. The van der Waals surface area contributed by atoms with Crippen molar-refractivity contribution in [2.45, 2.75) is 6.92 Å². The van der Waals surface area contributed by atoms with Crippen LogP contribution in [0.1, 0.15) is 5.69 Å². The van der Waals surface area contributed by atoms with Gasteiger partial charge in [-0.1, -0.05) is 15.9 Å². The summed E-state index contributed by atoms with van der Waals surface area (Å²) >= 11 is 3.29. The molecule has 1 rings (SSSR count). The molecule has 0 radical (unpaired) electrons. The molecule has 0 amide bonds. The fraction of sp³-hybridized carbons (Fsp3) is 0.167. The third-order valence-electron chi connectivity index (χ3n) is 0.938. The average Bonchev–Trinajstić information content (AvgIpc) is 1.59. The van der Waals surface area contributed by atoms with Crippen molar-refractivity contribution in [3.8, 4) is 0 Å². The van der Waals surface area contributed by atoms with Gasteiger partial charge >= 0.3 is 0 Å². The topological polar surface area (TPSA) is 38.9 Å². The van der Waals surface area contributed by atoms with E-state index in [9.17, 15) is 0 Å². The quantitative estimate of drug-likeness (QED) is 0.671. The zero-order valence-electron chi connectivity index (χ0n) is 5.06. The summed E-state index contributed by atoms with van der Waals surface area (Å²) in [6.07, 6.45) is 0. The molecule has 0 fully saturated rings. The molecule has 48 valence electrons. The van der Waals surface area contributed by atoms with E-state index in [4.69, 9.17) is 5.73 Å². The fourth-order valence-electron chi connectivity index (χ4n) is 0.651. The lowest BCUT2D eigenvalue weighted by atomic mass is 10.4. The van der Waals surface area contributed by atoms with Gasteiger partial charge in [-0.25, -0.2) is 4.98 Å². The fourth-order valence-corrected chi connectivity index (χ4v) is 1.22. The van der Waals surface area contributed by atoms with E-state index >= 15 is 0 Å². The van der Waals surface area contributed by atoms with E-state index in [1.54, 1.807) is 6.07 Å². The maximum atomic E-state index is 5.42. The summed E-state index contributed by atoms with van der Waals surface area (Å²) in [5.74, 6) is 0.557. The summed E-state index contributed by atoms with van der Waals surface area (Å²) < 4.78 is 0.979. The van der Waals surface area contributed by atoms with Gasteiger partial charge in [-0.05, 0) is 19.1 Å². The van der Waals surface area contributed by atoms with Gasteiger partial charge in [0, 0.05) is 10.2 Å². The van der Waals surface area contributed by atoms with Crippen LogP contribution in [-0.4, -0.2) is 4.98 Å². The molecule has 1 aromatic rings. The van der Waals surface area contributed by atoms with E-state index < -0.39 is 0 Å². The molecule has 0 aliphatic heterocycles. The number of nitrogens with zero attached hydrogens (tertiary/aromatic N) is 1. The Balaban J connectivity index is 3.17. The Morgan fingerprint density at radius 2 is 2.22 bits per heavy atom. The molecule has 1 heterocycles. The molecule has 0 atom stereocenters. The van der Waals surface area contributed by atoms with Crippen LogP contribution < -0.4 is 5.73 Å². The molecule has 0 aromatic carbocycles. The van der Waals surface area contributed by atoms with Crippen LogP contribution in [0.25, 0.3) is 0 Å². The minimum absolute atomic E-state index is 0.557. The predicted molar refractivity (Wildman–Crippen MR) is 41.1 cm³/mol. The highest BCUT2D eigenvalue weighted by atomic mass is 79.9. The van der Waals surface area contributed by atoms with Crippen LogP contribution in [0.2, 0.25) is 0 Å². The second-order valence-corrected chi connectivity index (χ2v) is 2.77. The molecule has 9 heavy (non-hydrogen) atoms. The van der Waals surface area contributed by atoms with E-state index in [1.807, 2.05) is 13.0 Å². The highest BCUT2D eigenvalue weighted by Crippen LogP contribution is 2.12. The lowest BCUT2D eigenvalue weighted by Gasteiger charge is -1.94. The van der Waals surface area contributed by atoms with Crippen LogP contribution in [0.15, 0.2) is 16.6 Å². The number of hydrogen-bond acceptors (Lipinski definition) is 2. The zero-order valence-corrected chi connectivity index (χ0v) is 6.64. The van der Waals surface area contributed by atoms with Crippen LogP contribution in [0.3, 0.4) is 0 Å². The molecule has 0 unspecified atom stereocenters. The lowest BCUT2D eigenvalue weighted by molar-refractivity contribution is 1.20. The molecule has 2 N–H and O–H groups in total. The van der Waals surface area contributed by atoms with Gasteiger partial charge < -0.3 is 5.73 Å². The lowest BCUT2D eigenvalue weighted by Crippen LogP contribution is -1.90. The third-order valence-corrected chi connectivity index (χ3v) is 1.40. The summed E-state index contributed by atoms with van der Waals surface area (Å²) in [7, 11) is 0. The first-order valence-corrected chi connectivity index (χ1v) is 3.37. The van der Waals surface area contributed by atoms with Gasteiger partial charge in [0.1, 0.15) is 5.82 Å². The molecule has 3 heteroatoms. The van der Waals surface area contributed by atoms with Gasteiger partial charge in [0.2, 0.25) is 0 Å². The molecule has 0 saturated heterocycles. The first-order valence-electron chi connectivity index (χ1n) is 2.58. The summed E-state index contributed by atoms with van der Waals surface area (Å²) in [4.78, 5) is 3.98. The first-order chi connectivity index (χ1) is 4.18. The van der Waals surface area contributed by atoms with Crippen molar-refractivity contribution in [3.05, 3.63) is 22.3 Å². The number of hydrogen-bond donors (Lipinski definition) is 1. The SMILES string of the molecule is Cc1cc(Br)cc(N)n1. The summed E-state index contributed by atoms with van der Waals surface area (Å²) in [6, 6.07) is 3.68. The highest BCUT2D eigenvalue weighted by molar-refractivity contribution is 9.10. The Morgan fingerprint density at radius 1 is 1.56 bits per heavy atom. The zero-order chi connectivity index (χ0) is 6.85. The molecule has 2 nitrogen and oxygen atoms in total. The molecular weight excluding hydrogens is 180 g/mol. The molecule has 0 spiro atoms. The molecular formula is C6H7BrN2. The second-order valence-electron chi connectivity index (χ2n) is 1.85. The minimum Gasteiger partial charge on any atom is -0.384 e. The van der Waals surface area contributed by atoms with E-state index in [2.05, 4.69) is 20.9 Å². The van der Waals surface area contributed by atoms with Crippen molar-refractivity contribution in [3.63, 3.8) is 0 Å². The number of rotatable bonds is 0.